The van der Waals surface area contributed by atoms with Crippen LogP contribution in [-0.4, -0.2) is 28.0 Å². The van der Waals surface area contributed by atoms with E-state index in [1.54, 1.807) is 26.0 Å². The maximum absolute atomic E-state index is 12.2. The van der Waals surface area contributed by atoms with Gasteiger partial charge in [-0.05, 0) is 44.5 Å². The Kier molecular flexibility index (Phi) is 6.70. The lowest BCUT2D eigenvalue weighted by atomic mass is 10.2. The molecule has 0 unspecified atom stereocenters. The predicted molar refractivity (Wildman–Crippen MR) is 105 cm³/mol. The Morgan fingerprint density at radius 2 is 1.85 bits per heavy atom. The second-order valence-corrected chi connectivity index (χ2v) is 6.29. The highest BCUT2D eigenvalue weighted by Gasteiger charge is 2.08. The molecule has 1 aromatic heterocycles. The summed E-state index contributed by atoms with van der Waals surface area (Å²) in [5, 5.41) is 8.24. The molecule has 0 aliphatic rings. The molecule has 2 aromatic rings. The van der Waals surface area contributed by atoms with Crippen LogP contribution in [0.1, 0.15) is 30.3 Å². The maximum atomic E-state index is 12.2. The zero-order chi connectivity index (χ0) is 20.0. The zero-order valence-electron chi connectivity index (χ0n) is 16.0. The van der Waals surface area contributed by atoms with Gasteiger partial charge in [-0.15, -0.1) is 0 Å². The molecule has 1 aromatic carbocycles. The summed E-state index contributed by atoms with van der Waals surface area (Å²) in [4.78, 5) is 39.5. The summed E-state index contributed by atoms with van der Waals surface area (Å²) in [6.07, 6.45) is 0.379. The van der Waals surface area contributed by atoms with Crippen molar-refractivity contribution < 1.29 is 9.59 Å². The monoisotopic (exact) mass is 371 g/mol. The lowest BCUT2D eigenvalue weighted by Crippen LogP contribution is -2.35. The Morgan fingerprint density at radius 3 is 2.52 bits per heavy atom. The van der Waals surface area contributed by atoms with Gasteiger partial charge in [0, 0.05) is 42.3 Å². The fraction of sp³-hybridized carbons (Fsp3) is 0.368. The molecule has 2 rings (SSSR count). The predicted octanol–water partition coefficient (Wildman–Crippen LogP) is 2.34. The van der Waals surface area contributed by atoms with Crippen molar-refractivity contribution in [1.82, 2.24) is 14.9 Å². The molecule has 3 amide bonds. The van der Waals surface area contributed by atoms with Crippen molar-refractivity contribution in [1.29, 1.82) is 0 Å². The van der Waals surface area contributed by atoms with Crippen LogP contribution in [0.3, 0.4) is 0 Å². The van der Waals surface area contributed by atoms with Crippen molar-refractivity contribution in [3.8, 4) is 0 Å². The van der Waals surface area contributed by atoms with Gasteiger partial charge in [0.05, 0.1) is 0 Å². The first-order valence-corrected chi connectivity index (χ1v) is 8.80. The van der Waals surface area contributed by atoms with Gasteiger partial charge in [0.1, 0.15) is 0 Å². The molecule has 0 spiro atoms. The largest absolute Gasteiger partial charge is 0.348 e. The summed E-state index contributed by atoms with van der Waals surface area (Å²) in [7, 11) is 0. The van der Waals surface area contributed by atoms with Crippen LogP contribution >= 0.6 is 0 Å². The molecule has 27 heavy (non-hydrogen) atoms. The highest BCUT2D eigenvalue weighted by atomic mass is 16.2. The van der Waals surface area contributed by atoms with Gasteiger partial charge in [-0.3, -0.25) is 9.36 Å². The van der Waals surface area contributed by atoms with Gasteiger partial charge in [-0.2, -0.15) is 4.98 Å². The Labute approximate surface area is 158 Å². The zero-order valence-corrected chi connectivity index (χ0v) is 16.0. The first-order chi connectivity index (χ1) is 12.8. The van der Waals surface area contributed by atoms with Gasteiger partial charge >= 0.3 is 11.7 Å². The fourth-order valence-corrected chi connectivity index (χ4v) is 2.58. The van der Waals surface area contributed by atoms with Crippen LogP contribution in [0, 0.1) is 20.8 Å². The fourth-order valence-electron chi connectivity index (χ4n) is 2.58. The van der Waals surface area contributed by atoms with Gasteiger partial charge in [0.15, 0.2) is 0 Å². The summed E-state index contributed by atoms with van der Waals surface area (Å²) < 4.78 is 1.51. The van der Waals surface area contributed by atoms with Crippen molar-refractivity contribution >= 4 is 23.3 Å². The number of amides is 3. The van der Waals surface area contributed by atoms with E-state index in [-0.39, 0.29) is 24.2 Å². The van der Waals surface area contributed by atoms with E-state index in [0.29, 0.717) is 30.0 Å². The molecule has 0 aliphatic heterocycles. The van der Waals surface area contributed by atoms with Crippen LogP contribution in [-0.2, 0) is 11.3 Å². The van der Waals surface area contributed by atoms with E-state index in [2.05, 4.69) is 20.9 Å². The maximum Gasteiger partial charge on any atom is 0.348 e. The summed E-state index contributed by atoms with van der Waals surface area (Å²) >= 11 is 0. The second kappa shape index (κ2) is 8.98. The van der Waals surface area contributed by atoms with Gasteiger partial charge < -0.3 is 16.0 Å². The smallest absolute Gasteiger partial charge is 0.336 e. The Morgan fingerprint density at radius 1 is 1.11 bits per heavy atom. The number of nitrogens with zero attached hydrogens (tertiary/aromatic N) is 2. The summed E-state index contributed by atoms with van der Waals surface area (Å²) in [6.45, 7) is 7.84. The molecule has 0 saturated heterocycles. The van der Waals surface area contributed by atoms with E-state index in [1.165, 1.54) is 4.57 Å². The van der Waals surface area contributed by atoms with Crippen molar-refractivity contribution in [2.24, 2.45) is 0 Å². The quantitative estimate of drug-likeness (QED) is 0.725. The third-order valence-corrected chi connectivity index (χ3v) is 4.06. The van der Waals surface area contributed by atoms with Gasteiger partial charge in [-0.25, -0.2) is 9.59 Å². The van der Waals surface area contributed by atoms with Crippen LogP contribution < -0.4 is 21.6 Å². The van der Waals surface area contributed by atoms with Gasteiger partial charge in [0.2, 0.25) is 5.91 Å². The Hall–Kier alpha value is -3.16. The molecule has 8 heteroatoms. The summed E-state index contributed by atoms with van der Waals surface area (Å²) in [5.41, 5.74) is 3.23. The van der Waals surface area contributed by atoms with E-state index < -0.39 is 0 Å². The van der Waals surface area contributed by atoms with Crippen molar-refractivity contribution in [2.45, 2.75) is 40.7 Å². The van der Waals surface area contributed by atoms with E-state index in [0.717, 1.165) is 11.3 Å². The standard InChI is InChI=1S/C19H25N5O3/c1-5-17(25)22-15-7-6-12(2)16(11-15)23-18(26)20-8-9-24-14(4)10-13(3)21-19(24)27/h6-7,10-11H,5,8-9H2,1-4H3,(H,22,25)(H2,20,23,26). The average molecular weight is 371 g/mol. The number of rotatable bonds is 6. The third-order valence-electron chi connectivity index (χ3n) is 4.06. The van der Waals surface area contributed by atoms with Crippen molar-refractivity contribution in [2.75, 3.05) is 17.2 Å². The van der Waals surface area contributed by atoms with Crippen LogP contribution in [0.4, 0.5) is 16.2 Å². The number of hydrogen-bond acceptors (Lipinski definition) is 4. The minimum atomic E-state index is -0.386. The number of hydrogen-bond donors (Lipinski definition) is 3. The van der Waals surface area contributed by atoms with Crippen molar-refractivity contribution in [3.05, 3.63) is 51.7 Å². The number of nitrogens with one attached hydrogen (secondary N) is 3. The first kappa shape index (κ1) is 20.2. The Bertz CT molecular complexity index is 905. The number of aryl methyl sites for hydroxylation is 3. The topological polar surface area (TPSA) is 105 Å². The molecular weight excluding hydrogens is 346 g/mol. The van der Waals surface area contributed by atoms with Crippen LogP contribution in [0.15, 0.2) is 29.1 Å². The van der Waals surface area contributed by atoms with Gasteiger partial charge in [0.25, 0.3) is 0 Å². The number of anilines is 2. The summed E-state index contributed by atoms with van der Waals surface area (Å²) in [6, 6.07) is 6.75. The van der Waals surface area contributed by atoms with E-state index in [9.17, 15) is 14.4 Å². The molecule has 1 heterocycles. The molecular formula is C19H25N5O3. The number of urea groups is 1. The van der Waals surface area contributed by atoms with E-state index >= 15 is 0 Å². The molecule has 0 radical (unpaired) electrons. The van der Waals surface area contributed by atoms with E-state index in [1.807, 2.05) is 26.0 Å². The molecule has 0 aliphatic carbocycles. The highest BCUT2D eigenvalue weighted by Crippen LogP contribution is 2.20. The molecule has 144 valence electrons. The highest BCUT2D eigenvalue weighted by molar-refractivity contribution is 5.94. The molecule has 0 atom stereocenters. The van der Waals surface area contributed by atoms with Crippen molar-refractivity contribution in [3.63, 3.8) is 0 Å². The minimum absolute atomic E-state index is 0.0956. The first-order valence-electron chi connectivity index (χ1n) is 8.80. The van der Waals surface area contributed by atoms with E-state index in [4.69, 9.17) is 0 Å². The second-order valence-electron chi connectivity index (χ2n) is 6.29. The minimum Gasteiger partial charge on any atom is -0.336 e. The van der Waals surface area contributed by atoms with Crippen LogP contribution in [0.5, 0.6) is 0 Å². The van der Waals surface area contributed by atoms with Crippen LogP contribution in [0.25, 0.3) is 0 Å². The molecule has 0 bridgehead atoms. The lowest BCUT2D eigenvalue weighted by molar-refractivity contribution is -0.115. The molecule has 3 N–H and O–H groups in total. The number of carbonyl (C=O) groups is 2. The Balaban J connectivity index is 1.95. The molecule has 0 saturated carbocycles. The lowest BCUT2D eigenvalue weighted by Gasteiger charge is -2.13. The van der Waals surface area contributed by atoms with Gasteiger partial charge in [-0.1, -0.05) is 13.0 Å². The van der Waals surface area contributed by atoms with Crippen LogP contribution in [0.2, 0.25) is 0 Å². The normalized spacial score (nSPS) is 10.4. The number of carbonyl (C=O) groups excluding carboxylic acids is 2. The number of aromatic nitrogens is 2. The summed E-state index contributed by atoms with van der Waals surface area (Å²) in [5.74, 6) is -0.0956. The molecule has 0 fully saturated rings. The molecule has 8 nitrogen and oxygen atoms in total. The average Bonchev–Trinajstić information content (AvgIpc) is 2.60. The number of benzene rings is 1. The third kappa shape index (κ3) is 5.67. The SMILES string of the molecule is CCC(=O)Nc1ccc(C)c(NC(=O)NCCn2c(C)cc(C)nc2=O)c1.